The van der Waals surface area contributed by atoms with E-state index in [0.717, 1.165) is 15.9 Å². The number of morpholine rings is 1. The molecule has 4 rings (SSSR count). The summed E-state index contributed by atoms with van der Waals surface area (Å²) in [7, 11) is 0. The lowest BCUT2D eigenvalue weighted by Gasteiger charge is -2.30. The van der Waals surface area contributed by atoms with Gasteiger partial charge in [0, 0.05) is 13.1 Å². The first-order valence-corrected chi connectivity index (χ1v) is 10.1. The second kappa shape index (κ2) is 8.93. The summed E-state index contributed by atoms with van der Waals surface area (Å²) in [4.78, 5) is 40.2. The van der Waals surface area contributed by atoms with E-state index in [1.54, 1.807) is 12.1 Å². The number of hydrogen-bond donors (Lipinski definition) is 2. The minimum absolute atomic E-state index is 0.0356. The fourth-order valence-electron chi connectivity index (χ4n) is 3.90. The molecule has 2 aromatic rings. The maximum atomic E-state index is 14.7. The third-order valence-corrected chi connectivity index (χ3v) is 5.49. The van der Waals surface area contributed by atoms with Gasteiger partial charge < -0.3 is 19.8 Å². The van der Waals surface area contributed by atoms with Crippen molar-refractivity contribution in [2.75, 3.05) is 49.2 Å². The molecular formula is C22H22FN3O6. The highest BCUT2D eigenvalue weighted by atomic mass is 19.1. The molecule has 0 spiro atoms. The summed E-state index contributed by atoms with van der Waals surface area (Å²) in [6.45, 7) is 1.18. The molecular weight excluding hydrogens is 421 g/mol. The predicted octanol–water partition coefficient (Wildman–Crippen LogP) is 1.80. The van der Waals surface area contributed by atoms with Crippen molar-refractivity contribution < 1.29 is 33.7 Å². The normalized spacial score (nSPS) is 16.8. The van der Waals surface area contributed by atoms with Gasteiger partial charge in [0.05, 0.1) is 54.9 Å². The summed E-state index contributed by atoms with van der Waals surface area (Å²) < 4.78 is 20.0. The van der Waals surface area contributed by atoms with E-state index < -0.39 is 36.4 Å². The van der Waals surface area contributed by atoms with Crippen LogP contribution in [0.3, 0.4) is 0 Å². The molecule has 2 aliphatic heterocycles. The number of rotatable bonds is 6. The summed E-state index contributed by atoms with van der Waals surface area (Å²) in [6.07, 6.45) is -2.76. The average Bonchev–Trinajstić information content (AvgIpc) is 3.03. The van der Waals surface area contributed by atoms with E-state index in [-0.39, 0.29) is 23.4 Å². The smallest absolute Gasteiger partial charge is 0.411 e. The molecule has 1 unspecified atom stereocenters. The number of halogens is 1. The first-order chi connectivity index (χ1) is 15.4. The van der Waals surface area contributed by atoms with Crippen molar-refractivity contribution in [1.29, 1.82) is 0 Å². The van der Waals surface area contributed by atoms with Crippen molar-refractivity contribution in [1.82, 2.24) is 4.90 Å². The number of aliphatic hydroxyl groups is 1. The van der Waals surface area contributed by atoms with Crippen molar-refractivity contribution in [3.05, 3.63) is 59.4 Å². The molecule has 1 atom stereocenters. The molecule has 1 fully saturated rings. The van der Waals surface area contributed by atoms with Gasteiger partial charge in [-0.2, -0.15) is 0 Å². The van der Waals surface area contributed by atoms with Crippen LogP contribution in [0.2, 0.25) is 0 Å². The zero-order valence-corrected chi connectivity index (χ0v) is 17.1. The van der Waals surface area contributed by atoms with Crippen LogP contribution in [0.1, 0.15) is 20.7 Å². The molecule has 9 nitrogen and oxygen atoms in total. The van der Waals surface area contributed by atoms with Gasteiger partial charge in [0.2, 0.25) is 0 Å². The van der Waals surface area contributed by atoms with Crippen LogP contribution < -0.4 is 9.80 Å². The first-order valence-electron chi connectivity index (χ1n) is 10.1. The third-order valence-electron chi connectivity index (χ3n) is 5.49. The minimum atomic E-state index is -1.40. The van der Waals surface area contributed by atoms with E-state index in [1.807, 2.05) is 4.90 Å². The van der Waals surface area contributed by atoms with Gasteiger partial charge >= 0.3 is 6.09 Å². The number of amides is 3. The Bertz CT molecular complexity index is 1020. The minimum Gasteiger partial charge on any atom is -0.465 e. The Kier molecular flexibility index (Phi) is 6.06. The highest BCUT2D eigenvalue weighted by molar-refractivity contribution is 6.21. The standard InChI is InChI=1S/C22H22FN3O6/c23-18-11-14(5-6-19(18)24-7-9-32-10-8-24)25(22(30)31)12-15(27)13-26-20(28)16-3-1-2-4-17(16)21(26)29/h1-6,11,15,27H,7-10,12-13H2,(H,30,31). The zero-order chi connectivity index (χ0) is 22.8. The Morgan fingerprint density at radius 2 is 1.72 bits per heavy atom. The third kappa shape index (κ3) is 4.14. The van der Waals surface area contributed by atoms with Crippen molar-refractivity contribution in [2.24, 2.45) is 0 Å². The van der Waals surface area contributed by atoms with Crippen molar-refractivity contribution in [2.45, 2.75) is 6.10 Å². The van der Waals surface area contributed by atoms with Crippen LogP contribution in [0.4, 0.5) is 20.6 Å². The van der Waals surface area contributed by atoms with E-state index in [1.165, 1.54) is 24.3 Å². The fourth-order valence-corrected chi connectivity index (χ4v) is 3.90. The number of fused-ring (bicyclic) bond motifs is 1. The van der Waals surface area contributed by atoms with E-state index in [9.17, 15) is 29.0 Å². The summed E-state index contributed by atoms with van der Waals surface area (Å²) in [5.41, 5.74) is 0.850. The maximum Gasteiger partial charge on any atom is 0.411 e. The lowest BCUT2D eigenvalue weighted by molar-refractivity contribution is 0.0552. The number of carbonyl (C=O) groups is 3. The summed E-state index contributed by atoms with van der Waals surface area (Å²) >= 11 is 0. The quantitative estimate of drug-likeness (QED) is 0.655. The number of ether oxygens (including phenoxy) is 1. The molecule has 2 aromatic carbocycles. The predicted molar refractivity (Wildman–Crippen MR) is 113 cm³/mol. The van der Waals surface area contributed by atoms with E-state index in [2.05, 4.69) is 0 Å². The van der Waals surface area contributed by atoms with Crippen molar-refractivity contribution in [3.8, 4) is 0 Å². The molecule has 10 heteroatoms. The molecule has 32 heavy (non-hydrogen) atoms. The Morgan fingerprint density at radius 3 is 2.28 bits per heavy atom. The number of imide groups is 1. The average molecular weight is 443 g/mol. The van der Waals surface area contributed by atoms with Gasteiger partial charge in [-0.3, -0.25) is 19.4 Å². The highest BCUT2D eigenvalue weighted by Crippen LogP contribution is 2.27. The largest absolute Gasteiger partial charge is 0.465 e. The zero-order valence-electron chi connectivity index (χ0n) is 17.1. The first kappa shape index (κ1) is 21.7. The fraction of sp³-hybridized carbons (Fsp3) is 0.318. The Balaban J connectivity index is 1.47. The van der Waals surface area contributed by atoms with Gasteiger partial charge in [-0.1, -0.05) is 12.1 Å². The van der Waals surface area contributed by atoms with Gasteiger partial charge in [0.1, 0.15) is 5.82 Å². The van der Waals surface area contributed by atoms with E-state index >= 15 is 0 Å². The van der Waals surface area contributed by atoms with Crippen LogP contribution in [0, 0.1) is 5.82 Å². The van der Waals surface area contributed by atoms with Crippen LogP contribution in [0.5, 0.6) is 0 Å². The van der Waals surface area contributed by atoms with E-state index in [4.69, 9.17) is 4.74 Å². The lowest BCUT2D eigenvalue weighted by atomic mass is 10.1. The number of aliphatic hydroxyl groups excluding tert-OH is 1. The highest BCUT2D eigenvalue weighted by Gasteiger charge is 2.36. The molecule has 2 heterocycles. The van der Waals surface area contributed by atoms with Gasteiger partial charge in [-0.05, 0) is 30.3 Å². The monoisotopic (exact) mass is 443 g/mol. The number of hydrogen-bond acceptors (Lipinski definition) is 6. The number of benzene rings is 2. The van der Waals surface area contributed by atoms with Crippen LogP contribution in [-0.4, -0.2) is 78.5 Å². The van der Waals surface area contributed by atoms with Gasteiger partial charge in [0.15, 0.2) is 0 Å². The molecule has 1 saturated heterocycles. The van der Waals surface area contributed by atoms with Crippen LogP contribution in [-0.2, 0) is 4.74 Å². The molecule has 2 aliphatic rings. The number of β-amino-alcohol motifs (C(OH)–C–C–N with tert-alkyl or cyclic N) is 1. The topological polar surface area (TPSA) is 111 Å². The summed E-state index contributed by atoms with van der Waals surface area (Å²) in [5, 5.41) is 20.1. The van der Waals surface area contributed by atoms with Gasteiger partial charge in [-0.25, -0.2) is 9.18 Å². The molecule has 2 N–H and O–H groups in total. The van der Waals surface area contributed by atoms with Gasteiger partial charge in [-0.15, -0.1) is 0 Å². The second-order valence-electron chi connectivity index (χ2n) is 7.55. The molecule has 0 radical (unpaired) electrons. The Labute approximate surface area is 183 Å². The molecule has 0 saturated carbocycles. The Morgan fingerprint density at radius 1 is 1.09 bits per heavy atom. The second-order valence-corrected chi connectivity index (χ2v) is 7.55. The van der Waals surface area contributed by atoms with Crippen LogP contribution in [0.15, 0.2) is 42.5 Å². The molecule has 0 bridgehead atoms. The molecule has 0 aromatic heterocycles. The van der Waals surface area contributed by atoms with Crippen LogP contribution >= 0.6 is 0 Å². The number of carbonyl (C=O) groups excluding carboxylic acids is 2. The van der Waals surface area contributed by atoms with E-state index in [0.29, 0.717) is 32.0 Å². The number of nitrogens with zero attached hydrogens (tertiary/aromatic N) is 3. The number of anilines is 2. The van der Waals surface area contributed by atoms with Crippen LogP contribution in [0.25, 0.3) is 0 Å². The maximum absolute atomic E-state index is 14.7. The molecule has 168 valence electrons. The summed E-state index contributed by atoms with van der Waals surface area (Å²) in [5.74, 6) is -1.69. The SMILES string of the molecule is O=C1c2ccccc2C(=O)N1CC(O)CN(C(=O)O)c1ccc(N2CCOCC2)c(F)c1. The lowest BCUT2D eigenvalue weighted by Crippen LogP contribution is -2.44. The Hall–Kier alpha value is -3.50. The molecule has 3 amide bonds. The molecule has 0 aliphatic carbocycles. The number of carboxylic acid groups (broad SMARTS) is 1. The van der Waals surface area contributed by atoms with Crippen molar-refractivity contribution >= 4 is 29.3 Å². The van der Waals surface area contributed by atoms with Crippen molar-refractivity contribution in [3.63, 3.8) is 0 Å². The summed E-state index contributed by atoms with van der Waals surface area (Å²) in [6, 6.07) is 10.3. The van der Waals surface area contributed by atoms with Gasteiger partial charge in [0.25, 0.3) is 11.8 Å².